The molecule has 0 aliphatic rings. The van der Waals surface area contributed by atoms with Crippen molar-refractivity contribution in [3.63, 3.8) is 0 Å². The minimum absolute atomic E-state index is 0.0472. The molecule has 0 aliphatic heterocycles. The second-order valence-electron chi connectivity index (χ2n) is 4.45. The first-order chi connectivity index (χ1) is 9.83. The maximum absolute atomic E-state index is 13.0. The quantitative estimate of drug-likeness (QED) is 0.810. The van der Waals surface area contributed by atoms with Crippen LogP contribution in [0.3, 0.4) is 0 Å². The lowest BCUT2D eigenvalue weighted by Crippen LogP contribution is -2.41. The van der Waals surface area contributed by atoms with E-state index in [0.717, 1.165) is 19.2 Å². The third kappa shape index (κ3) is 5.29. The molecule has 1 atom stereocenters. The molecule has 1 aromatic carbocycles. The van der Waals surface area contributed by atoms with E-state index in [9.17, 15) is 23.2 Å². The summed E-state index contributed by atoms with van der Waals surface area (Å²) in [7, 11) is 1.14. The second kappa shape index (κ2) is 7.47. The van der Waals surface area contributed by atoms with Gasteiger partial charge in [0.2, 0.25) is 0 Å². The zero-order valence-corrected chi connectivity index (χ0v) is 11.6. The predicted octanol–water partition coefficient (Wildman–Crippen LogP) is 1.61. The highest BCUT2D eigenvalue weighted by Crippen LogP contribution is 2.09. The number of halogens is 2. The van der Waals surface area contributed by atoms with Gasteiger partial charge in [0.05, 0.1) is 7.11 Å². The molecule has 114 valence electrons. The minimum atomic E-state index is -1.06. The topological polar surface area (TPSA) is 72.5 Å². The first-order valence-electron chi connectivity index (χ1n) is 6.17. The van der Waals surface area contributed by atoms with Crippen LogP contribution in [0.5, 0.6) is 0 Å². The monoisotopic (exact) mass is 299 g/mol. The maximum atomic E-state index is 13.0. The van der Waals surface area contributed by atoms with E-state index in [0.29, 0.717) is 6.07 Å². The number of carbonyl (C=O) groups is 3. The van der Waals surface area contributed by atoms with Crippen molar-refractivity contribution in [3.05, 3.63) is 35.4 Å². The molecular weight excluding hydrogens is 284 g/mol. The maximum Gasteiger partial charge on any atom is 0.328 e. The molecule has 1 amide bonds. The number of hydrogen-bond donors (Lipinski definition) is 1. The number of amides is 1. The van der Waals surface area contributed by atoms with Crippen molar-refractivity contribution in [2.75, 3.05) is 7.11 Å². The van der Waals surface area contributed by atoms with Gasteiger partial charge in [0.1, 0.15) is 23.5 Å². The highest BCUT2D eigenvalue weighted by Gasteiger charge is 2.23. The van der Waals surface area contributed by atoms with Crippen molar-refractivity contribution in [3.8, 4) is 0 Å². The smallest absolute Gasteiger partial charge is 0.328 e. The lowest BCUT2D eigenvalue weighted by atomic mass is 10.1. The normalized spacial score (nSPS) is 11.6. The molecule has 0 aromatic heterocycles. The van der Waals surface area contributed by atoms with E-state index in [1.165, 1.54) is 6.92 Å². The van der Waals surface area contributed by atoms with Crippen LogP contribution >= 0.6 is 0 Å². The van der Waals surface area contributed by atoms with E-state index in [4.69, 9.17) is 0 Å². The Morgan fingerprint density at radius 2 is 1.76 bits per heavy atom. The number of rotatable bonds is 6. The fourth-order valence-electron chi connectivity index (χ4n) is 1.67. The number of ether oxygens (including phenoxy) is 1. The van der Waals surface area contributed by atoms with Crippen molar-refractivity contribution in [2.24, 2.45) is 0 Å². The lowest BCUT2D eigenvalue weighted by Gasteiger charge is -2.16. The lowest BCUT2D eigenvalue weighted by molar-refractivity contribution is -0.143. The van der Waals surface area contributed by atoms with Gasteiger partial charge in [0.25, 0.3) is 5.91 Å². The average Bonchev–Trinajstić information content (AvgIpc) is 2.40. The number of hydrogen-bond acceptors (Lipinski definition) is 4. The average molecular weight is 299 g/mol. The van der Waals surface area contributed by atoms with Crippen molar-refractivity contribution >= 4 is 17.7 Å². The second-order valence-corrected chi connectivity index (χ2v) is 4.45. The van der Waals surface area contributed by atoms with E-state index in [-0.39, 0.29) is 24.2 Å². The standard InChI is InChI=1S/C14H15F2NO4/c1-8(18)3-4-12(14(20)21-2)17-13(19)9-5-10(15)7-11(16)6-9/h5-7,12H,3-4H2,1-2H3,(H,17,19)/t12-/m1/s1. The van der Waals surface area contributed by atoms with Crippen LogP contribution in [0.15, 0.2) is 18.2 Å². The number of carbonyl (C=O) groups excluding carboxylic acids is 3. The van der Waals surface area contributed by atoms with Crippen molar-refractivity contribution in [2.45, 2.75) is 25.8 Å². The molecule has 1 rings (SSSR count). The van der Waals surface area contributed by atoms with Crippen molar-refractivity contribution in [1.29, 1.82) is 0 Å². The van der Waals surface area contributed by atoms with Gasteiger partial charge >= 0.3 is 5.97 Å². The summed E-state index contributed by atoms with van der Waals surface area (Å²) in [5.41, 5.74) is -0.260. The summed E-state index contributed by atoms with van der Waals surface area (Å²) in [5, 5.41) is 2.29. The van der Waals surface area contributed by atoms with Crippen molar-refractivity contribution in [1.82, 2.24) is 5.32 Å². The van der Waals surface area contributed by atoms with Crippen LogP contribution in [0.1, 0.15) is 30.1 Å². The Morgan fingerprint density at radius 1 is 1.19 bits per heavy atom. The number of nitrogens with one attached hydrogen (secondary N) is 1. The zero-order valence-electron chi connectivity index (χ0n) is 11.6. The van der Waals surface area contributed by atoms with Crippen LogP contribution in [0.2, 0.25) is 0 Å². The molecule has 0 saturated heterocycles. The molecule has 0 spiro atoms. The van der Waals surface area contributed by atoms with E-state index < -0.39 is 29.6 Å². The van der Waals surface area contributed by atoms with Crippen molar-refractivity contribution < 1.29 is 27.9 Å². The fraction of sp³-hybridized carbons (Fsp3) is 0.357. The SMILES string of the molecule is COC(=O)[C@@H](CCC(C)=O)NC(=O)c1cc(F)cc(F)c1. The molecule has 21 heavy (non-hydrogen) atoms. The predicted molar refractivity (Wildman–Crippen MR) is 69.5 cm³/mol. The highest BCUT2D eigenvalue weighted by atomic mass is 19.1. The number of benzene rings is 1. The molecule has 0 fully saturated rings. The van der Waals surface area contributed by atoms with Crippen LogP contribution in [-0.2, 0) is 14.3 Å². The van der Waals surface area contributed by atoms with Gasteiger partial charge in [-0.2, -0.15) is 0 Å². The van der Waals surface area contributed by atoms with Crippen LogP contribution < -0.4 is 5.32 Å². The largest absolute Gasteiger partial charge is 0.467 e. The Hall–Kier alpha value is -2.31. The van der Waals surface area contributed by atoms with Crippen LogP contribution in [0, 0.1) is 11.6 Å². The first-order valence-corrected chi connectivity index (χ1v) is 6.17. The summed E-state index contributed by atoms with van der Waals surface area (Å²) in [5.74, 6) is -3.53. The summed E-state index contributed by atoms with van der Waals surface area (Å²) in [6, 6.07) is 1.26. The molecule has 1 aromatic rings. The van der Waals surface area contributed by atoms with E-state index in [2.05, 4.69) is 10.1 Å². The number of ketones is 1. The molecule has 0 heterocycles. The Balaban J connectivity index is 2.83. The summed E-state index contributed by atoms with van der Waals surface area (Å²) in [6.45, 7) is 1.35. The van der Waals surface area contributed by atoms with Gasteiger partial charge in [-0.05, 0) is 25.5 Å². The fourth-order valence-corrected chi connectivity index (χ4v) is 1.67. The molecule has 0 bridgehead atoms. The third-order valence-electron chi connectivity index (χ3n) is 2.70. The number of Topliss-reactive ketones (excluding diaryl/α,β-unsaturated/α-hetero) is 1. The first kappa shape index (κ1) is 16.7. The molecule has 7 heteroatoms. The number of esters is 1. The molecule has 1 N–H and O–H groups in total. The Bertz CT molecular complexity index is 540. The van der Waals surface area contributed by atoms with E-state index >= 15 is 0 Å². The molecular formula is C14H15F2NO4. The van der Waals surface area contributed by atoms with Gasteiger partial charge in [-0.1, -0.05) is 0 Å². The van der Waals surface area contributed by atoms with Crippen LogP contribution in [0.4, 0.5) is 8.78 Å². The summed E-state index contributed by atoms with van der Waals surface area (Å²) in [4.78, 5) is 34.4. The van der Waals surface area contributed by atoms with Gasteiger partial charge in [-0.15, -0.1) is 0 Å². The minimum Gasteiger partial charge on any atom is -0.467 e. The Kier molecular flexibility index (Phi) is 5.95. The highest BCUT2D eigenvalue weighted by molar-refractivity contribution is 5.96. The third-order valence-corrected chi connectivity index (χ3v) is 2.70. The van der Waals surface area contributed by atoms with Crippen LogP contribution in [-0.4, -0.2) is 30.8 Å². The molecule has 0 radical (unpaired) electrons. The van der Waals surface area contributed by atoms with Crippen LogP contribution in [0.25, 0.3) is 0 Å². The van der Waals surface area contributed by atoms with E-state index in [1.54, 1.807) is 0 Å². The molecule has 0 unspecified atom stereocenters. The molecule has 0 saturated carbocycles. The molecule has 0 aliphatic carbocycles. The summed E-state index contributed by atoms with van der Waals surface area (Å²) >= 11 is 0. The van der Waals surface area contributed by atoms with Gasteiger partial charge in [0.15, 0.2) is 0 Å². The zero-order chi connectivity index (χ0) is 16.0. The Morgan fingerprint density at radius 3 is 2.24 bits per heavy atom. The summed E-state index contributed by atoms with van der Waals surface area (Å²) < 4.78 is 30.6. The number of methoxy groups -OCH3 is 1. The van der Waals surface area contributed by atoms with E-state index in [1.807, 2.05) is 0 Å². The van der Waals surface area contributed by atoms with Gasteiger partial charge in [-0.25, -0.2) is 13.6 Å². The molecule has 5 nitrogen and oxygen atoms in total. The van der Waals surface area contributed by atoms with Gasteiger partial charge in [0, 0.05) is 18.1 Å². The van der Waals surface area contributed by atoms with Gasteiger partial charge < -0.3 is 14.8 Å². The van der Waals surface area contributed by atoms with Gasteiger partial charge in [-0.3, -0.25) is 4.79 Å². The summed E-state index contributed by atoms with van der Waals surface area (Å²) in [6.07, 6.45) is 0.114. The Labute approximate surface area is 120 Å².